The van der Waals surface area contributed by atoms with Gasteiger partial charge in [0.05, 0.1) is 17.0 Å². The summed E-state index contributed by atoms with van der Waals surface area (Å²) in [5.74, 6) is -0.337. The number of piperidine rings is 1. The van der Waals surface area contributed by atoms with Gasteiger partial charge in [-0.3, -0.25) is 4.79 Å². The molecule has 6 nitrogen and oxygen atoms in total. The highest BCUT2D eigenvalue weighted by Crippen LogP contribution is 2.33. The smallest absolute Gasteiger partial charge is 0.274 e. The van der Waals surface area contributed by atoms with E-state index in [1.807, 2.05) is 0 Å². The molecule has 1 saturated heterocycles. The fraction of sp³-hybridized carbons (Fsp3) is 0.292. The molecule has 1 amide bonds. The van der Waals surface area contributed by atoms with Crippen LogP contribution >= 0.6 is 11.3 Å². The Morgan fingerprint density at radius 2 is 1.97 bits per heavy atom. The maximum absolute atomic E-state index is 14.1. The molecule has 3 heterocycles. The van der Waals surface area contributed by atoms with E-state index in [1.54, 1.807) is 29.2 Å². The van der Waals surface area contributed by atoms with Gasteiger partial charge in [0.2, 0.25) is 0 Å². The molecular weight excluding hydrogens is 446 g/mol. The van der Waals surface area contributed by atoms with E-state index in [0.717, 1.165) is 19.3 Å². The molecular formula is C24H22F2N4O2S. The number of carbonyl (C=O) groups excluding carboxylic acids is 1. The van der Waals surface area contributed by atoms with Crippen molar-refractivity contribution in [3.8, 4) is 10.4 Å². The predicted molar refractivity (Wildman–Crippen MR) is 122 cm³/mol. The molecule has 2 aromatic carbocycles. The summed E-state index contributed by atoms with van der Waals surface area (Å²) in [6.07, 6.45) is 3.13. The van der Waals surface area contributed by atoms with E-state index in [1.165, 1.54) is 29.5 Å². The summed E-state index contributed by atoms with van der Waals surface area (Å²) in [7, 11) is 0. The number of aromatic nitrogens is 3. The molecule has 2 N–H and O–H groups in total. The first-order valence-electron chi connectivity index (χ1n) is 10.8. The molecule has 1 aliphatic rings. The number of rotatable bonds is 5. The number of halogens is 2. The van der Waals surface area contributed by atoms with Gasteiger partial charge in [0.15, 0.2) is 5.82 Å². The molecule has 1 aliphatic heterocycles. The third-order valence-electron chi connectivity index (χ3n) is 5.95. The Morgan fingerprint density at radius 3 is 2.73 bits per heavy atom. The summed E-state index contributed by atoms with van der Waals surface area (Å²) in [6, 6.07) is 10.6. The second-order valence-electron chi connectivity index (χ2n) is 8.12. The molecule has 2 aromatic heterocycles. The van der Waals surface area contributed by atoms with E-state index in [4.69, 9.17) is 0 Å². The van der Waals surface area contributed by atoms with Crippen LogP contribution in [0.3, 0.4) is 0 Å². The van der Waals surface area contributed by atoms with Crippen molar-refractivity contribution in [1.29, 1.82) is 0 Å². The molecule has 0 bridgehead atoms. The Labute approximate surface area is 192 Å². The summed E-state index contributed by atoms with van der Waals surface area (Å²) >= 11 is 1.23. The molecule has 33 heavy (non-hydrogen) atoms. The minimum absolute atomic E-state index is 0.116. The second kappa shape index (κ2) is 8.99. The maximum Gasteiger partial charge on any atom is 0.274 e. The van der Waals surface area contributed by atoms with Gasteiger partial charge in [0.1, 0.15) is 27.9 Å². The van der Waals surface area contributed by atoms with Crippen LogP contribution in [-0.2, 0) is 13.0 Å². The lowest BCUT2D eigenvalue weighted by Gasteiger charge is -2.35. The van der Waals surface area contributed by atoms with Crippen LogP contribution in [0.1, 0.15) is 40.6 Å². The van der Waals surface area contributed by atoms with E-state index < -0.39 is 0 Å². The minimum Gasteiger partial charge on any atom is -0.389 e. The van der Waals surface area contributed by atoms with Crippen molar-refractivity contribution in [2.24, 2.45) is 0 Å². The Morgan fingerprint density at radius 1 is 1.15 bits per heavy atom. The zero-order chi connectivity index (χ0) is 22.9. The molecule has 170 valence electrons. The Balaban J connectivity index is 1.45. The first-order chi connectivity index (χ1) is 16.0. The molecule has 0 radical (unpaired) electrons. The molecule has 1 unspecified atom stereocenters. The van der Waals surface area contributed by atoms with Crippen LogP contribution in [0.4, 0.5) is 8.78 Å². The van der Waals surface area contributed by atoms with E-state index in [0.29, 0.717) is 45.3 Å². The van der Waals surface area contributed by atoms with Gasteiger partial charge in [-0.25, -0.2) is 18.7 Å². The van der Waals surface area contributed by atoms with Crippen molar-refractivity contribution < 1.29 is 18.7 Å². The van der Waals surface area contributed by atoms with Crippen LogP contribution in [0.2, 0.25) is 0 Å². The molecule has 1 atom stereocenters. The topological polar surface area (TPSA) is 82.1 Å². The third-order valence-corrected chi connectivity index (χ3v) is 7.03. The zero-order valence-corrected chi connectivity index (χ0v) is 18.5. The number of aliphatic hydroxyl groups excluding tert-OH is 1. The van der Waals surface area contributed by atoms with Crippen molar-refractivity contribution in [3.63, 3.8) is 0 Å². The number of thiazole rings is 1. The number of hydrogen-bond donors (Lipinski definition) is 2. The van der Waals surface area contributed by atoms with Crippen LogP contribution in [0, 0.1) is 11.6 Å². The fourth-order valence-corrected chi connectivity index (χ4v) is 5.28. The summed E-state index contributed by atoms with van der Waals surface area (Å²) in [4.78, 5) is 28.0. The first kappa shape index (κ1) is 21.7. The highest BCUT2D eigenvalue weighted by Gasteiger charge is 2.32. The Hall–Kier alpha value is -3.17. The normalized spacial score (nSPS) is 16.5. The lowest BCUT2D eigenvalue weighted by molar-refractivity contribution is 0.0606. The molecule has 0 saturated carbocycles. The highest BCUT2D eigenvalue weighted by atomic mass is 32.1. The molecule has 1 fully saturated rings. The van der Waals surface area contributed by atoms with Gasteiger partial charge in [-0.15, -0.1) is 11.3 Å². The van der Waals surface area contributed by atoms with Gasteiger partial charge in [-0.1, -0.05) is 18.2 Å². The monoisotopic (exact) mass is 468 g/mol. The van der Waals surface area contributed by atoms with Gasteiger partial charge < -0.3 is 15.0 Å². The van der Waals surface area contributed by atoms with Gasteiger partial charge in [-0.2, -0.15) is 0 Å². The number of likely N-dealkylation sites (tertiary alicyclic amines) is 1. The average molecular weight is 469 g/mol. The van der Waals surface area contributed by atoms with Crippen LogP contribution < -0.4 is 0 Å². The van der Waals surface area contributed by atoms with Gasteiger partial charge in [0, 0.05) is 19.0 Å². The largest absolute Gasteiger partial charge is 0.389 e. The number of hydrogen-bond acceptors (Lipinski definition) is 5. The summed E-state index contributed by atoms with van der Waals surface area (Å²) < 4.78 is 27.5. The van der Waals surface area contributed by atoms with Crippen molar-refractivity contribution >= 4 is 28.3 Å². The molecule has 4 aromatic rings. The number of aromatic amines is 1. The number of nitrogens with one attached hydrogen (secondary N) is 1. The zero-order valence-electron chi connectivity index (χ0n) is 17.7. The number of carbonyl (C=O) groups is 1. The average Bonchev–Trinajstić information content (AvgIpc) is 3.44. The minimum atomic E-state index is -0.380. The second-order valence-corrected chi connectivity index (χ2v) is 9.21. The molecule has 5 rings (SSSR count). The summed E-state index contributed by atoms with van der Waals surface area (Å²) in [6.45, 7) is 0.299. The molecule has 9 heteroatoms. The van der Waals surface area contributed by atoms with Crippen molar-refractivity contribution in [3.05, 3.63) is 70.6 Å². The summed E-state index contributed by atoms with van der Waals surface area (Å²) in [5, 5.41) is 10.0. The van der Waals surface area contributed by atoms with E-state index >= 15 is 0 Å². The Bertz CT molecular complexity index is 1300. The van der Waals surface area contributed by atoms with E-state index in [9.17, 15) is 18.7 Å². The van der Waals surface area contributed by atoms with Crippen LogP contribution in [0.5, 0.6) is 0 Å². The standard InChI is InChI=1S/C24H22F2N4O2S/c25-15-9-7-14(8-10-15)23-22(29-20(13-31)33-23)24(32)30-11-2-1-4-16(30)12-19-27-18-6-3-5-17(26)21(18)28-19/h3,5-10,16,31H,1-2,4,11-13H2,(H,27,28). The van der Waals surface area contributed by atoms with Crippen molar-refractivity contribution in [1.82, 2.24) is 19.9 Å². The number of amides is 1. The van der Waals surface area contributed by atoms with Crippen LogP contribution in [0.25, 0.3) is 21.5 Å². The van der Waals surface area contributed by atoms with Crippen molar-refractivity contribution in [2.45, 2.75) is 38.3 Å². The lowest BCUT2D eigenvalue weighted by atomic mass is 9.98. The number of nitrogens with zero attached hydrogens (tertiary/aromatic N) is 3. The number of aliphatic hydroxyl groups is 1. The van der Waals surface area contributed by atoms with Gasteiger partial charge in [0.25, 0.3) is 5.91 Å². The van der Waals surface area contributed by atoms with Crippen LogP contribution in [-0.4, -0.2) is 43.5 Å². The summed E-state index contributed by atoms with van der Waals surface area (Å²) in [5.41, 5.74) is 1.87. The van der Waals surface area contributed by atoms with Gasteiger partial charge in [-0.05, 0) is 49.1 Å². The number of fused-ring (bicyclic) bond motifs is 1. The lowest BCUT2D eigenvalue weighted by Crippen LogP contribution is -2.45. The molecule has 0 aliphatic carbocycles. The number of H-pyrrole nitrogens is 1. The van der Waals surface area contributed by atoms with Gasteiger partial charge >= 0.3 is 0 Å². The SMILES string of the molecule is O=C(c1nc(CO)sc1-c1ccc(F)cc1)N1CCCCC1Cc1nc2c(F)cccc2[nH]1. The third kappa shape index (κ3) is 4.26. The quantitative estimate of drug-likeness (QED) is 0.445. The molecule has 0 spiro atoms. The maximum atomic E-state index is 14.1. The van der Waals surface area contributed by atoms with Crippen LogP contribution in [0.15, 0.2) is 42.5 Å². The number of benzene rings is 2. The van der Waals surface area contributed by atoms with Crippen molar-refractivity contribution in [2.75, 3.05) is 6.54 Å². The van der Waals surface area contributed by atoms with E-state index in [-0.39, 0.29) is 35.9 Å². The Kier molecular flexibility index (Phi) is 5.90. The highest BCUT2D eigenvalue weighted by molar-refractivity contribution is 7.15. The fourth-order valence-electron chi connectivity index (χ4n) is 4.36. The first-order valence-corrected chi connectivity index (χ1v) is 11.7. The number of imidazole rings is 1. The van der Waals surface area contributed by atoms with E-state index in [2.05, 4.69) is 15.0 Å². The number of para-hydroxylation sites is 1. The predicted octanol–water partition coefficient (Wildman–Crippen LogP) is 4.69.